The van der Waals surface area contributed by atoms with Crippen molar-refractivity contribution in [1.82, 2.24) is 14.2 Å². The first-order valence-electron chi connectivity index (χ1n) is 10.5. The van der Waals surface area contributed by atoms with E-state index in [4.69, 9.17) is 28.2 Å². The third-order valence-electron chi connectivity index (χ3n) is 6.02. The molecule has 166 valence electrons. The van der Waals surface area contributed by atoms with Gasteiger partial charge in [0.2, 0.25) is 10.0 Å². The SMILES string of the molecule is O=C(c1cc(C2CC2)nc2ccccc12)N1CCN(S(=O)(=O)c2ccc(Cl)c(Cl)c2)CC1. The van der Waals surface area contributed by atoms with Crippen molar-refractivity contribution in [2.75, 3.05) is 26.2 Å². The number of piperazine rings is 1. The minimum atomic E-state index is -3.72. The highest BCUT2D eigenvalue weighted by atomic mass is 35.5. The minimum absolute atomic E-state index is 0.0860. The van der Waals surface area contributed by atoms with Gasteiger partial charge in [0.15, 0.2) is 0 Å². The lowest BCUT2D eigenvalue weighted by Gasteiger charge is -2.34. The molecule has 1 saturated heterocycles. The van der Waals surface area contributed by atoms with Crippen LogP contribution in [-0.2, 0) is 10.0 Å². The summed E-state index contributed by atoms with van der Waals surface area (Å²) in [5.41, 5.74) is 2.42. The summed E-state index contributed by atoms with van der Waals surface area (Å²) in [6.07, 6.45) is 2.20. The lowest BCUT2D eigenvalue weighted by molar-refractivity contribution is 0.0699. The van der Waals surface area contributed by atoms with Crippen molar-refractivity contribution in [3.05, 3.63) is 69.8 Å². The third kappa shape index (κ3) is 3.99. The largest absolute Gasteiger partial charge is 0.336 e. The van der Waals surface area contributed by atoms with E-state index in [1.54, 1.807) is 4.90 Å². The van der Waals surface area contributed by atoms with Gasteiger partial charge < -0.3 is 4.90 Å². The molecule has 2 aliphatic rings. The lowest BCUT2D eigenvalue weighted by Crippen LogP contribution is -2.50. The Morgan fingerprint density at radius 1 is 0.938 bits per heavy atom. The molecule has 0 unspecified atom stereocenters. The maximum atomic E-state index is 13.4. The van der Waals surface area contributed by atoms with E-state index in [2.05, 4.69) is 0 Å². The molecule has 2 aromatic carbocycles. The number of benzene rings is 2. The molecule has 0 bridgehead atoms. The average molecular weight is 490 g/mol. The number of hydrogen-bond acceptors (Lipinski definition) is 4. The molecule has 1 aliphatic heterocycles. The van der Waals surface area contributed by atoms with Crippen LogP contribution in [0.2, 0.25) is 10.0 Å². The van der Waals surface area contributed by atoms with Crippen molar-refractivity contribution in [3.63, 3.8) is 0 Å². The van der Waals surface area contributed by atoms with Crippen LogP contribution in [-0.4, -0.2) is 54.7 Å². The summed E-state index contributed by atoms with van der Waals surface area (Å²) in [7, 11) is -3.72. The van der Waals surface area contributed by atoms with Crippen LogP contribution in [0.25, 0.3) is 10.9 Å². The zero-order valence-corrected chi connectivity index (χ0v) is 19.5. The van der Waals surface area contributed by atoms with E-state index in [1.807, 2.05) is 30.3 Å². The fourth-order valence-electron chi connectivity index (χ4n) is 4.05. The molecule has 3 aromatic rings. The van der Waals surface area contributed by atoms with Gasteiger partial charge in [-0.1, -0.05) is 41.4 Å². The highest BCUT2D eigenvalue weighted by Crippen LogP contribution is 2.40. The number of amides is 1. The predicted molar refractivity (Wildman–Crippen MR) is 125 cm³/mol. The number of rotatable bonds is 4. The number of aromatic nitrogens is 1. The fraction of sp³-hybridized carbons (Fsp3) is 0.304. The van der Waals surface area contributed by atoms with Crippen LogP contribution >= 0.6 is 23.2 Å². The maximum absolute atomic E-state index is 13.4. The Labute approximate surface area is 196 Å². The number of sulfonamides is 1. The van der Waals surface area contributed by atoms with E-state index < -0.39 is 10.0 Å². The van der Waals surface area contributed by atoms with E-state index in [9.17, 15) is 13.2 Å². The number of carbonyl (C=O) groups excluding carboxylic acids is 1. The van der Waals surface area contributed by atoms with Crippen LogP contribution in [0.3, 0.4) is 0 Å². The number of hydrogen-bond donors (Lipinski definition) is 0. The first-order valence-corrected chi connectivity index (χ1v) is 12.7. The fourth-order valence-corrected chi connectivity index (χ4v) is 5.86. The number of para-hydroxylation sites is 1. The average Bonchev–Trinajstić information content (AvgIpc) is 3.65. The van der Waals surface area contributed by atoms with Crippen LogP contribution < -0.4 is 0 Å². The number of fused-ring (bicyclic) bond motifs is 1. The van der Waals surface area contributed by atoms with Gasteiger partial charge in [0.1, 0.15) is 0 Å². The Balaban J connectivity index is 1.37. The highest BCUT2D eigenvalue weighted by molar-refractivity contribution is 7.89. The predicted octanol–water partition coefficient (Wildman–Crippen LogP) is 4.57. The Morgan fingerprint density at radius 2 is 1.66 bits per heavy atom. The van der Waals surface area contributed by atoms with Crippen LogP contribution in [0.5, 0.6) is 0 Å². The van der Waals surface area contributed by atoms with E-state index in [1.165, 1.54) is 22.5 Å². The van der Waals surface area contributed by atoms with Crippen LogP contribution in [0.1, 0.15) is 34.8 Å². The Morgan fingerprint density at radius 3 is 2.34 bits per heavy atom. The van der Waals surface area contributed by atoms with Gasteiger partial charge in [-0.3, -0.25) is 9.78 Å². The second-order valence-electron chi connectivity index (χ2n) is 8.16. The van der Waals surface area contributed by atoms with Gasteiger partial charge in [-0.25, -0.2) is 8.42 Å². The molecule has 6 nitrogen and oxygen atoms in total. The summed E-state index contributed by atoms with van der Waals surface area (Å²) in [6, 6.07) is 13.9. The molecule has 1 aliphatic carbocycles. The molecule has 2 fully saturated rings. The third-order valence-corrected chi connectivity index (χ3v) is 8.65. The lowest BCUT2D eigenvalue weighted by atomic mass is 10.0. The summed E-state index contributed by atoms with van der Waals surface area (Å²) in [5, 5.41) is 1.32. The van der Waals surface area contributed by atoms with Crippen LogP contribution in [0.4, 0.5) is 0 Å². The molecule has 0 N–H and O–H groups in total. The molecular weight excluding hydrogens is 469 g/mol. The molecule has 0 atom stereocenters. The van der Waals surface area contributed by atoms with Crippen LogP contribution in [0.15, 0.2) is 53.4 Å². The minimum Gasteiger partial charge on any atom is -0.336 e. The van der Waals surface area contributed by atoms with Crippen molar-refractivity contribution in [3.8, 4) is 0 Å². The Bertz CT molecular complexity index is 1320. The molecule has 0 spiro atoms. The molecule has 1 saturated carbocycles. The van der Waals surface area contributed by atoms with E-state index >= 15 is 0 Å². The number of pyridine rings is 1. The van der Waals surface area contributed by atoms with Crippen molar-refractivity contribution in [1.29, 1.82) is 0 Å². The van der Waals surface area contributed by atoms with Gasteiger partial charge in [0.05, 0.1) is 26.0 Å². The molecular formula is C23H21Cl2N3O3S. The Kier molecular flexibility index (Phi) is 5.61. The molecule has 9 heteroatoms. The topological polar surface area (TPSA) is 70.6 Å². The zero-order chi connectivity index (χ0) is 22.5. The number of nitrogens with zero attached hydrogens (tertiary/aromatic N) is 3. The molecule has 5 rings (SSSR count). The Hall–Kier alpha value is -2.19. The molecule has 32 heavy (non-hydrogen) atoms. The number of halogens is 2. The summed E-state index contributed by atoms with van der Waals surface area (Å²) in [4.78, 5) is 20.0. The molecule has 0 radical (unpaired) electrons. The maximum Gasteiger partial charge on any atom is 0.254 e. The smallest absolute Gasteiger partial charge is 0.254 e. The first kappa shape index (κ1) is 21.6. The summed E-state index contributed by atoms with van der Waals surface area (Å²) >= 11 is 11.9. The molecule has 1 amide bonds. The van der Waals surface area contributed by atoms with Crippen molar-refractivity contribution in [2.24, 2.45) is 0 Å². The zero-order valence-electron chi connectivity index (χ0n) is 17.2. The molecule has 1 aromatic heterocycles. The highest BCUT2D eigenvalue weighted by Gasteiger charge is 2.32. The van der Waals surface area contributed by atoms with Crippen molar-refractivity contribution >= 4 is 50.0 Å². The quantitative estimate of drug-likeness (QED) is 0.538. The van der Waals surface area contributed by atoms with Gasteiger partial charge in [-0.15, -0.1) is 0 Å². The number of carbonyl (C=O) groups is 1. The van der Waals surface area contributed by atoms with Gasteiger partial charge in [0.25, 0.3) is 5.91 Å². The molecule has 2 heterocycles. The van der Waals surface area contributed by atoms with Crippen molar-refractivity contribution in [2.45, 2.75) is 23.7 Å². The van der Waals surface area contributed by atoms with E-state index in [-0.39, 0.29) is 28.9 Å². The normalized spacial score (nSPS) is 17.6. The van der Waals surface area contributed by atoms with E-state index in [0.29, 0.717) is 29.6 Å². The first-order chi connectivity index (χ1) is 15.3. The van der Waals surface area contributed by atoms with Gasteiger partial charge >= 0.3 is 0 Å². The van der Waals surface area contributed by atoms with Gasteiger partial charge in [0, 0.05) is 43.2 Å². The summed E-state index contributed by atoms with van der Waals surface area (Å²) in [5.74, 6) is 0.344. The summed E-state index contributed by atoms with van der Waals surface area (Å²) in [6.45, 7) is 1.06. The van der Waals surface area contributed by atoms with Gasteiger partial charge in [-0.2, -0.15) is 4.31 Å². The second-order valence-corrected chi connectivity index (χ2v) is 10.9. The second kappa shape index (κ2) is 8.30. The monoisotopic (exact) mass is 489 g/mol. The van der Waals surface area contributed by atoms with Gasteiger partial charge in [-0.05, 0) is 43.2 Å². The standard InChI is InChI=1S/C23H21Cl2N3O3S/c24-19-8-7-16(13-20(19)25)32(30,31)28-11-9-27(10-12-28)23(29)18-14-22(15-5-6-15)26-21-4-2-1-3-17(18)21/h1-4,7-8,13-15H,5-6,9-12H2. The van der Waals surface area contributed by atoms with Crippen LogP contribution in [0, 0.1) is 0 Å². The van der Waals surface area contributed by atoms with E-state index in [0.717, 1.165) is 29.4 Å². The van der Waals surface area contributed by atoms with Crippen molar-refractivity contribution < 1.29 is 13.2 Å². The summed E-state index contributed by atoms with van der Waals surface area (Å²) < 4.78 is 27.4.